The summed E-state index contributed by atoms with van der Waals surface area (Å²) in [5.74, 6) is 0. The molecule has 0 saturated heterocycles. The largest absolute Gasteiger partial charge is 1.00 e. The summed E-state index contributed by atoms with van der Waals surface area (Å²) in [5, 5.41) is 8.43. The van der Waals surface area contributed by atoms with Gasteiger partial charge in [0.1, 0.15) is 0 Å². The second-order valence-corrected chi connectivity index (χ2v) is 7.46. The van der Waals surface area contributed by atoms with E-state index in [2.05, 4.69) is 0 Å². The molecule has 2 unspecified atom stereocenters. The van der Waals surface area contributed by atoms with E-state index in [-0.39, 0.29) is 57.5 Å². The van der Waals surface area contributed by atoms with Gasteiger partial charge in [0.25, 0.3) is 0 Å². The van der Waals surface area contributed by atoms with Crippen LogP contribution in [0.1, 0.15) is 84.5 Å². The average Bonchev–Trinajstić information content (AvgIpc) is 2.34. The van der Waals surface area contributed by atoms with Crippen LogP contribution in [0.25, 0.3) is 0 Å². The summed E-state index contributed by atoms with van der Waals surface area (Å²) >= 11 is 0. The Morgan fingerprint density at radius 3 is 1.76 bits per heavy atom. The van der Waals surface area contributed by atoms with E-state index < -0.39 is 15.4 Å². The van der Waals surface area contributed by atoms with Crippen LogP contribution in [0.2, 0.25) is 0 Å². The van der Waals surface area contributed by atoms with Crippen LogP contribution in [0.4, 0.5) is 0 Å². The molecule has 0 amide bonds. The van der Waals surface area contributed by atoms with Crippen LogP contribution in [0.5, 0.6) is 0 Å². The molecule has 0 heterocycles. The number of rotatable bonds is 13. The second-order valence-electron chi connectivity index (χ2n) is 5.80. The van der Waals surface area contributed by atoms with Crippen LogP contribution in [0, 0.1) is 0 Å². The van der Waals surface area contributed by atoms with Crippen LogP contribution >= 0.6 is 0 Å². The molecule has 0 aromatic carbocycles. The van der Waals surface area contributed by atoms with Crippen molar-refractivity contribution in [1.29, 1.82) is 0 Å². The van der Waals surface area contributed by atoms with Gasteiger partial charge in [0.05, 0.1) is 16.2 Å². The quantitative estimate of drug-likeness (QED) is 0.301. The molecule has 0 aliphatic rings. The number of aliphatic hydroxyl groups is 1. The molecule has 0 spiro atoms. The smallest absolute Gasteiger partial charge is 0.748 e. The van der Waals surface area contributed by atoms with Crippen LogP contribution in [0.15, 0.2) is 0 Å². The molecule has 0 fully saturated rings. The Hall–Kier alpha value is 1.51. The first-order valence-electron chi connectivity index (χ1n) is 8.00. The minimum Gasteiger partial charge on any atom is -0.748 e. The third-order valence-corrected chi connectivity index (χ3v) is 4.97. The van der Waals surface area contributed by atoms with Gasteiger partial charge in [-0.05, 0) is 26.2 Å². The van der Waals surface area contributed by atoms with Gasteiger partial charge < -0.3 is 9.66 Å². The Morgan fingerprint density at radius 1 is 0.905 bits per heavy atom. The van der Waals surface area contributed by atoms with E-state index in [1.165, 1.54) is 0 Å². The minimum atomic E-state index is -4.13. The van der Waals surface area contributed by atoms with Crippen molar-refractivity contribution in [2.75, 3.05) is 0 Å². The van der Waals surface area contributed by atoms with Crippen molar-refractivity contribution in [3.63, 3.8) is 0 Å². The molecular formula is C15H31KO4S. The van der Waals surface area contributed by atoms with Crippen LogP contribution < -0.4 is 51.4 Å². The molecule has 0 aliphatic heterocycles. The van der Waals surface area contributed by atoms with Crippen LogP contribution in [-0.4, -0.2) is 29.4 Å². The molecule has 122 valence electrons. The SMILES string of the molecule is CCCCC(CCCCCCCCC(C)O)S(=O)(=O)[O-].[K+]. The Balaban J connectivity index is 0. The summed E-state index contributed by atoms with van der Waals surface area (Å²) < 4.78 is 33.4. The van der Waals surface area contributed by atoms with Crippen molar-refractivity contribution in [2.45, 2.75) is 95.8 Å². The zero-order valence-electron chi connectivity index (χ0n) is 14.0. The maximum absolute atomic E-state index is 11.1. The van der Waals surface area contributed by atoms with Crippen LogP contribution in [-0.2, 0) is 10.1 Å². The normalized spacial score (nSPS) is 14.5. The van der Waals surface area contributed by atoms with E-state index in [9.17, 15) is 13.0 Å². The van der Waals surface area contributed by atoms with Crippen molar-refractivity contribution in [2.24, 2.45) is 0 Å². The molecule has 0 aromatic heterocycles. The number of hydrogen-bond donors (Lipinski definition) is 1. The first kappa shape index (κ1) is 24.8. The maximum atomic E-state index is 11.1. The maximum Gasteiger partial charge on any atom is 1.00 e. The third-order valence-electron chi connectivity index (χ3n) is 3.69. The zero-order chi connectivity index (χ0) is 15.4. The van der Waals surface area contributed by atoms with E-state index in [1.807, 2.05) is 6.92 Å². The summed E-state index contributed by atoms with van der Waals surface area (Å²) in [7, 11) is -4.13. The van der Waals surface area contributed by atoms with E-state index in [4.69, 9.17) is 5.11 Å². The minimum absolute atomic E-state index is 0. The fourth-order valence-corrected chi connectivity index (χ4v) is 3.29. The molecule has 1 N–H and O–H groups in total. The predicted molar refractivity (Wildman–Crippen MR) is 81.6 cm³/mol. The van der Waals surface area contributed by atoms with Gasteiger partial charge in [-0.2, -0.15) is 0 Å². The van der Waals surface area contributed by atoms with Crippen molar-refractivity contribution in [3.8, 4) is 0 Å². The summed E-state index contributed by atoms with van der Waals surface area (Å²) in [4.78, 5) is 0. The molecule has 0 saturated carbocycles. The number of unbranched alkanes of at least 4 members (excludes halogenated alkanes) is 6. The van der Waals surface area contributed by atoms with E-state index in [0.717, 1.165) is 57.8 Å². The second kappa shape index (κ2) is 15.1. The van der Waals surface area contributed by atoms with E-state index in [1.54, 1.807) is 6.92 Å². The molecule has 21 heavy (non-hydrogen) atoms. The monoisotopic (exact) mass is 346 g/mol. The molecule has 2 atom stereocenters. The van der Waals surface area contributed by atoms with Crippen molar-refractivity contribution in [1.82, 2.24) is 0 Å². The summed E-state index contributed by atoms with van der Waals surface area (Å²) in [6, 6.07) is 0. The summed E-state index contributed by atoms with van der Waals surface area (Å²) in [6.45, 7) is 3.81. The standard InChI is InChI=1S/C15H32O4S.K/c1-3-4-12-15(20(17,18)19)13-10-8-6-5-7-9-11-14(2)16;/h14-16H,3-13H2,1-2H3,(H,17,18,19);/q;+1/p-1. The molecule has 0 bridgehead atoms. The number of aliphatic hydroxyl groups excluding tert-OH is 1. The fourth-order valence-electron chi connectivity index (χ4n) is 2.38. The van der Waals surface area contributed by atoms with Gasteiger partial charge in [0.2, 0.25) is 0 Å². The Morgan fingerprint density at radius 2 is 1.33 bits per heavy atom. The Bertz CT molecular complexity index is 318. The topological polar surface area (TPSA) is 77.4 Å². The molecule has 0 aromatic rings. The molecular weight excluding hydrogens is 315 g/mol. The molecule has 6 heteroatoms. The van der Waals surface area contributed by atoms with Crippen molar-refractivity contribution >= 4 is 10.1 Å². The summed E-state index contributed by atoms with van der Waals surface area (Å²) in [5.41, 5.74) is 0. The van der Waals surface area contributed by atoms with Gasteiger partial charge in [-0.25, -0.2) is 8.42 Å². The fraction of sp³-hybridized carbons (Fsp3) is 1.00. The van der Waals surface area contributed by atoms with Gasteiger partial charge in [-0.1, -0.05) is 58.3 Å². The van der Waals surface area contributed by atoms with Crippen LogP contribution in [0.3, 0.4) is 0 Å². The predicted octanol–water partition coefficient (Wildman–Crippen LogP) is 0.596. The van der Waals surface area contributed by atoms with Gasteiger partial charge in [0, 0.05) is 5.25 Å². The van der Waals surface area contributed by atoms with Gasteiger partial charge in [0.15, 0.2) is 0 Å². The number of hydrogen-bond acceptors (Lipinski definition) is 4. The molecule has 0 rings (SSSR count). The first-order chi connectivity index (χ1) is 9.38. The molecule has 4 nitrogen and oxygen atoms in total. The van der Waals surface area contributed by atoms with E-state index in [0.29, 0.717) is 12.8 Å². The zero-order valence-corrected chi connectivity index (χ0v) is 18.0. The first-order valence-corrected chi connectivity index (χ1v) is 9.47. The van der Waals surface area contributed by atoms with E-state index >= 15 is 0 Å². The summed E-state index contributed by atoms with van der Waals surface area (Å²) in [6.07, 6.45) is 9.59. The third kappa shape index (κ3) is 16.2. The Labute approximate surface area is 173 Å². The molecule has 0 aliphatic carbocycles. The average molecular weight is 347 g/mol. The van der Waals surface area contributed by atoms with Gasteiger partial charge in [-0.15, -0.1) is 0 Å². The van der Waals surface area contributed by atoms with Crippen molar-refractivity contribution in [3.05, 3.63) is 0 Å². The molecule has 0 radical (unpaired) electrons. The van der Waals surface area contributed by atoms with Gasteiger partial charge in [-0.3, -0.25) is 0 Å². The van der Waals surface area contributed by atoms with Crippen molar-refractivity contribution < 1.29 is 69.5 Å². The van der Waals surface area contributed by atoms with Gasteiger partial charge >= 0.3 is 51.4 Å². The Kier molecular flexibility index (Phi) is 17.8.